The molecule has 19 heavy (non-hydrogen) atoms. The summed E-state index contributed by atoms with van der Waals surface area (Å²) in [6.45, 7) is 3.37. The molecule has 0 radical (unpaired) electrons. The summed E-state index contributed by atoms with van der Waals surface area (Å²) in [6.07, 6.45) is 1.22. The third-order valence-electron chi connectivity index (χ3n) is 4.05. The van der Waals surface area contributed by atoms with Crippen LogP contribution in [-0.2, 0) is 0 Å². The van der Waals surface area contributed by atoms with Crippen LogP contribution in [0.25, 0.3) is 0 Å². The van der Waals surface area contributed by atoms with Gasteiger partial charge in [-0.15, -0.1) is 0 Å². The monoisotopic (exact) mass is 281 g/mol. The lowest BCUT2D eigenvalue weighted by atomic mass is 9.98. The summed E-state index contributed by atoms with van der Waals surface area (Å²) in [6, 6.07) is 8.86. The fraction of sp³-hybridized carbons (Fsp3) is 0.600. The topological polar surface area (TPSA) is 18.5 Å². The molecule has 2 atom stereocenters. The van der Waals surface area contributed by atoms with E-state index >= 15 is 0 Å². The molecule has 3 nitrogen and oxygen atoms in total. The number of rotatable bonds is 3. The highest BCUT2D eigenvalue weighted by atomic mass is 35.5. The minimum Gasteiger partial charge on any atom is -0.312 e. The molecular weight excluding hydrogens is 258 g/mol. The fourth-order valence-corrected chi connectivity index (χ4v) is 3.20. The van der Waals surface area contributed by atoms with Gasteiger partial charge in [-0.2, -0.15) is 0 Å². The zero-order chi connectivity index (χ0) is 13.8. The quantitative estimate of drug-likeness (QED) is 0.917. The van der Waals surface area contributed by atoms with E-state index in [-0.39, 0.29) is 6.04 Å². The summed E-state index contributed by atoms with van der Waals surface area (Å²) in [4.78, 5) is 4.86. The van der Waals surface area contributed by atoms with Crippen LogP contribution in [-0.4, -0.2) is 56.6 Å². The summed E-state index contributed by atoms with van der Waals surface area (Å²) < 4.78 is 0. The molecule has 1 aliphatic heterocycles. The van der Waals surface area contributed by atoms with Gasteiger partial charge in [0.1, 0.15) is 0 Å². The van der Waals surface area contributed by atoms with Gasteiger partial charge in [0, 0.05) is 17.6 Å². The van der Waals surface area contributed by atoms with Gasteiger partial charge in [0.2, 0.25) is 0 Å². The van der Waals surface area contributed by atoms with E-state index in [0.717, 1.165) is 18.1 Å². The maximum atomic E-state index is 6.37. The Bertz CT molecular complexity index is 410. The Morgan fingerprint density at radius 3 is 2.68 bits per heavy atom. The zero-order valence-corrected chi connectivity index (χ0v) is 12.8. The summed E-state index contributed by atoms with van der Waals surface area (Å²) in [5, 5.41) is 4.30. The molecule has 0 aliphatic carbocycles. The minimum atomic E-state index is 0.263. The number of hydrogen-bond acceptors (Lipinski definition) is 3. The highest BCUT2D eigenvalue weighted by Gasteiger charge is 2.29. The summed E-state index contributed by atoms with van der Waals surface area (Å²) >= 11 is 6.37. The van der Waals surface area contributed by atoms with Crippen LogP contribution in [0.1, 0.15) is 18.0 Å². The first-order chi connectivity index (χ1) is 9.13. The lowest BCUT2D eigenvalue weighted by molar-refractivity contribution is 0.182. The second-order valence-corrected chi connectivity index (χ2v) is 5.86. The molecule has 0 bridgehead atoms. The Labute approximate surface area is 121 Å². The van der Waals surface area contributed by atoms with Crippen molar-refractivity contribution < 1.29 is 0 Å². The van der Waals surface area contributed by atoms with Crippen LogP contribution in [0.15, 0.2) is 24.3 Å². The van der Waals surface area contributed by atoms with Crippen molar-refractivity contribution >= 4 is 11.6 Å². The summed E-state index contributed by atoms with van der Waals surface area (Å²) in [7, 11) is 6.43. The van der Waals surface area contributed by atoms with Crippen molar-refractivity contribution in [2.24, 2.45) is 0 Å². The Morgan fingerprint density at radius 2 is 2.00 bits per heavy atom. The number of nitrogens with zero attached hydrogens (tertiary/aromatic N) is 2. The second kappa shape index (κ2) is 6.71. The average molecular weight is 282 g/mol. The Balaban J connectivity index is 2.27. The predicted molar refractivity (Wildman–Crippen MR) is 81.8 cm³/mol. The van der Waals surface area contributed by atoms with Crippen LogP contribution >= 0.6 is 11.6 Å². The van der Waals surface area contributed by atoms with Crippen LogP contribution in [0.5, 0.6) is 0 Å². The van der Waals surface area contributed by atoms with Gasteiger partial charge < -0.3 is 15.1 Å². The highest BCUT2D eigenvalue weighted by Crippen LogP contribution is 2.28. The number of benzene rings is 1. The molecule has 4 heteroatoms. The second-order valence-electron chi connectivity index (χ2n) is 5.45. The SMILES string of the molecule is CNC(c1ccccc1Cl)C1CN(C)CCCN1C. The number of likely N-dealkylation sites (N-methyl/N-ethyl adjacent to an activating group) is 3. The van der Waals surface area contributed by atoms with Crippen LogP contribution in [0.2, 0.25) is 5.02 Å². The standard InChI is InChI=1S/C15H24ClN3/c1-17-15(12-7-4-5-8-13(12)16)14-11-18(2)9-6-10-19(14)3/h4-5,7-8,14-15,17H,6,9-11H2,1-3H3. The Kier molecular flexibility index (Phi) is 5.22. The Morgan fingerprint density at radius 1 is 1.26 bits per heavy atom. The first-order valence-corrected chi connectivity index (χ1v) is 7.31. The van der Waals surface area contributed by atoms with E-state index < -0.39 is 0 Å². The van der Waals surface area contributed by atoms with Crippen molar-refractivity contribution in [1.29, 1.82) is 0 Å². The van der Waals surface area contributed by atoms with Gasteiger partial charge in [0.05, 0.1) is 6.04 Å². The van der Waals surface area contributed by atoms with E-state index in [4.69, 9.17) is 11.6 Å². The van der Waals surface area contributed by atoms with Crippen molar-refractivity contribution in [1.82, 2.24) is 15.1 Å². The number of halogens is 1. The molecule has 1 N–H and O–H groups in total. The molecule has 1 fully saturated rings. The molecule has 1 aromatic carbocycles. The maximum Gasteiger partial charge on any atom is 0.0502 e. The predicted octanol–water partition coefficient (Wildman–Crippen LogP) is 2.24. The summed E-state index contributed by atoms with van der Waals surface area (Å²) in [5.41, 5.74) is 1.19. The van der Waals surface area contributed by atoms with Crippen molar-refractivity contribution in [3.63, 3.8) is 0 Å². The van der Waals surface area contributed by atoms with E-state index in [1.165, 1.54) is 18.5 Å². The van der Waals surface area contributed by atoms with Crippen LogP contribution in [0.4, 0.5) is 0 Å². The molecule has 0 saturated carbocycles. The van der Waals surface area contributed by atoms with Crippen molar-refractivity contribution in [2.75, 3.05) is 40.8 Å². The average Bonchev–Trinajstić information content (AvgIpc) is 2.55. The fourth-order valence-electron chi connectivity index (χ4n) is 2.95. The highest BCUT2D eigenvalue weighted by molar-refractivity contribution is 6.31. The minimum absolute atomic E-state index is 0.263. The van der Waals surface area contributed by atoms with Gasteiger partial charge in [-0.1, -0.05) is 29.8 Å². The van der Waals surface area contributed by atoms with Gasteiger partial charge in [-0.25, -0.2) is 0 Å². The molecule has 0 aromatic heterocycles. The van der Waals surface area contributed by atoms with E-state index in [9.17, 15) is 0 Å². The number of hydrogen-bond donors (Lipinski definition) is 1. The zero-order valence-electron chi connectivity index (χ0n) is 12.1. The summed E-state index contributed by atoms with van der Waals surface area (Å²) in [5.74, 6) is 0. The van der Waals surface area contributed by atoms with Gasteiger partial charge >= 0.3 is 0 Å². The van der Waals surface area contributed by atoms with Gasteiger partial charge in [0.25, 0.3) is 0 Å². The molecule has 0 spiro atoms. The molecule has 1 aromatic rings. The number of nitrogens with one attached hydrogen (secondary N) is 1. The van der Waals surface area contributed by atoms with Gasteiger partial charge in [-0.3, -0.25) is 0 Å². The molecule has 0 amide bonds. The smallest absolute Gasteiger partial charge is 0.0502 e. The third-order valence-corrected chi connectivity index (χ3v) is 4.40. The van der Waals surface area contributed by atoms with Crippen LogP contribution in [0.3, 0.4) is 0 Å². The molecule has 1 saturated heterocycles. The van der Waals surface area contributed by atoms with E-state index in [1.54, 1.807) is 0 Å². The van der Waals surface area contributed by atoms with Crippen molar-refractivity contribution in [3.05, 3.63) is 34.9 Å². The van der Waals surface area contributed by atoms with E-state index in [2.05, 4.69) is 41.3 Å². The molecule has 2 unspecified atom stereocenters. The molecule has 1 heterocycles. The van der Waals surface area contributed by atoms with E-state index in [1.807, 2.05) is 19.2 Å². The lowest BCUT2D eigenvalue weighted by Crippen LogP contribution is -2.46. The van der Waals surface area contributed by atoms with Crippen LogP contribution < -0.4 is 5.32 Å². The largest absolute Gasteiger partial charge is 0.312 e. The first kappa shape index (κ1) is 14.8. The van der Waals surface area contributed by atoms with Crippen molar-refractivity contribution in [2.45, 2.75) is 18.5 Å². The molecule has 2 rings (SSSR count). The Hall–Kier alpha value is -0.610. The van der Waals surface area contributed by atoms with Crippen molar-refractivity contribution in [3.8, 4) is 0 Å². The lowest BCUT2D eigenvalue weighted by Gasteiger charge is -2.35. The maximum absolute atomic E-state index is 6.37. The van der Waals surface area contributed by atoms with Gasteiger partial charge in [0.15, 0.2) is 0 Å². The first-order valence-electron chi connectivity index (χ1n) is 6.94. The molecule has 1 aliphatic rings. The molecule has 106 valence electrons. The third kappa shape index (κ3) is 3.48. The normalized spacial score (nSPS) is 24.1. The van der Waals surface area contributed by atoms with E-state index in [0.29, 0.717) is 6.04 Å². The van der Waals surface area contributed by atoms with Gasteiger partial charge in [-0.05, 0) is 52.3 Å². The van der Waals surface area contributed by atoms with Crippen LogP contribution in [0, 0.1) is 0 Å². The molecular formula is C15H24ClN3.